The quantitative estimate of drug-likeness (QED) is 0.607. The second kappa shape index (κ2) is 8.31. The number of imide groups is 1. The maximum Gasteiger partial charge on any atom is 0.262 e. The zero-order chi connectivity index (χ0) is 22.1. The molecule has 2 heterocycles. The molecule has 1 aliphatic rings. The molecule has 0 spiro atoms. The summed E-state index contributed by atoms with van der Waals surface area (Å²) in [6.45, 7) is 1.76. The number of piperidine rings is 1. The van der Waals surface area contributed by atoms with Crippen LogP contribution in [0.1, 0.15) is 40.6 Å². The van der Waals surface area contributed by atoms with Gasteiger partial charge in [-0.3, -0.25) is 29.1 Å². The number of hydrogen-bond acceptors (Lipinski definition) is 5. The minimum atomic E-state index is -0.807. The van der Waals surface area contributed by atoms with Crippen LogP contribution in [-0.4, -0.2) is 27.3 Å². The van der Waals surface area contributed by atoms with Crippen LogP contribution in [-0.2, 0) is 16.1 Å². The second-order valence-electron chi connectivity index (χ2n) is 7.30. The highest BCUT2D eigenvalue weighted by Crippen LogP contribution is 2.21. The van der Waals surface area contributed by atoms with Gasteiger partial charge >= 0.3 is 0 Å². The normalized spacial score (nSPS) is 16.3. The van der Waals surface area contributed by atoms with Crippen LogP contribution in [0.4, 0.5) is 0 Å². The Balaban J connectivity index is 1.69. The lowest BCUT2D eigenvalue weighted by Gasteiger charge is -2.24. The first kappa shape index (κ1) is 20.7. The molecule has 1 aliphatic heterocycles. The van der Waals surface area contributed by atoms with Gasteiger partial charge in [0.2, 0.25) is 11.8 Å². The molecular formula is C22H19ClN4O4. The summed E-state index contributed by atoms with van der Waals surface area (Å²) in [5.41, 5.74) is 1.12. The number of nitrogens with zero attached hydrogens (tertiary/aromatic N) is 2. The van der Waals surface area contributed by atoms with Crippen LogP contribution in [0, 0.1) is 6.92 Å². The molecule has 3 amide bonds. The van der Waals surface area contributed by atoms with E-state index < -0.39 is 11.9 Å². The van der Waals surface area contributed by atoms with Crippen LogP contribution in [0.25, 0.3) is 10.9 Å². The summed E-state index contributed by atoms with van der Waals surface area (Å²) >= 11 is 5.86. The van der Waals surface area contributed by atoms with E-state index in [1.807, 2.05) is 0 Å². The summed E-state index contributed by atoms with van der Waals surface area (Å²) in [6.07, 6.45) is 0.382. The Morgan fingerprint density at radius 1 is 1.19 bits per heavy atom. The Kier molecular flexibility index (Phi) is 5.56. The second-order valence-corrected chi connectivity index (χ2v) is 7.74. The number of nitrogens with one attached hydrogen (secondary N) is 2. The summed E-state index contributed by atoms with van der Waals surface area (Å²) < 4.78 is 1.33. The highest BCUT2D eigenvalue weighted by molar-refractivity contribution is 6.30. The Hall–Kier alpha value is -3.52. The van der Waals surface area contributed by atoms with Gasteiger partial charge in [-0.1, -0.05) is 23.7 Å². The highest BCUT2D eigenvalue weighted by Gasteiger charge is 2.30. The van der Waals surface area contributed by atoms with Gasteiger partial charge in [0.15, 0.2) is 0 Å². The minimum Gasteiger partial charge on any atom is -0.348 e. The van der Waals surface area contributed by atoms with Gasteiger partial charge in [0.25, 0.3) is 11.5 Å². The molecule has 2 aromatic carbocycles. The van der Waals surface area contributed by atoms with Crippen molar-refractivity contribution in [3.8, 4) is 0 Å². The number of halogens is 1. The van der Waals surface area contributed by atoms with E-state index in [1.54, 1.807) is 49.4 Å². The molecule has 1 atom stereocenters. The Bertz CT molecular complexity index is 1270. The van der Waals surface area contributed by atoms with Gasteiger partial charge in [0.1, 0.15) is 11.9 Å². The lowest BCUT2D eigenvalue weighted by atomic mass is 10.0. The topological polar surface area (TPSA) is 110 Å². The number of benzene rings is 2. The maximum absolute atomic E-state index is 13.4. The summed E-state index contributed by atoms with van der Waals surface area (Å²) in [5, 5.41) is 5.93. The molecule has 1 unspecified atom stereocenters. The summed E-state index contributed by atoms with van der Waals surface area (Å²) in [4.78, 5) is 54.2. The van der Waals surface area contributed by atoms with Crippen molar-refractivity contribution in [2.45, 2.75) is 32.4 Å². The van der Waals surface area contributed by atoms with Crippen LogP contribution >= 0.6 is 11.6 Å². The van der Waals surface area contributed by atoms with Crippen molar-refractivity contribution in [3.63, 3.8) is 0 Å². The van der Waals surface area contributed by atoms with Crippen molar-refractivity contribution in [3.05, 3.63) is 74.8 Å². The molecule has 2 N–H and O–H groups in total. The Morgan fingerprint density at radius 3 is 2.65 bits per heavy atom. The molecule has 9 heteroatoms. The van der Waals surface area contributed by atoms with E-state index in [0.717, 1.165) is 0 Å². The number of rotatable bonds is 4. The lowest BCUT2D eigenvalue weighted by Crippen LogP contribution is -2.45. The third-order valence-electron chi connectivity index (χ3n) is 5.26. The average molecular weight is 439 g/mol. The first-order chi connectivity index (χ1) is 14.8. The predicted octanol–water partition coefficient (Wildman–Crippen LogP) is 2.27. The third kappa shape index (κ3) is 4.06. The van der Waals surface area contributed by atoms with Gasteiger partial charge in [-0.15, -0.1) is 0 Å². The fraction of sp³-hybridized carbons (Fsp3) is 0.227. The Morgan fingerprint density at radius 2 is 1.94 bits per heavy atom. The van der Waals surface area contributed by atoms with Gasteiger partial charge in [0.05, 0.1) is 10.9 Å². The van der Waals surface area contributed by atoms with E-state index in [0.29, 0.717) is 32.9 Å². The highest BCUT2D eigenvalue weighted by atomic mass is 35.5. The monoisotopic (exact) mass is 438 g/mol. The average Bonchev–Trinajstić information content (AvgIpc) is 2.73. The molecule has 3 aromatic rings. The summed E-state index contributed by atoms with van der Waals surface area (Å²) in [6, 6.07) is 10.9. The molecule has 0 aliphatic carbocycles. The number of aryl methyl sites for hydroxylation is 1. The predicted molar refractivity (Wildman–Crippen MR) is 115 cm³/mol. The minimum absolute atomic E-state index is 0.105. The van der Waals surface area contributed by atoms with Crippen LogP contribution in [0.15, 0.2) is 47.3 Å². The first-order valence-corrected chi connectivity index (χ1v) is 10.1. The molecule has 31 heavy (non-hydrogen) atoms. The smallest absolute Gasteiger partial charge is 0.262 e. The van der Waals surface area contributed by atoms with Crippen molar-refractivity contribution >= 4 is 40.2 Å². The zero-order valence-electron chi connectivity index (χ0n) is 16.6. The van der Waals surface area contributed by atoms with Crippen molar-refractivity contribution in [2.24, 2.45) is 0 Å². The molecule has 1 fully saturated rings. The third-order valence-corrected chi connectivity index (χ3v) is 5.51. The van der Waals surface area contributed by atoms with Crippen molar-refractivity contribution in [2.75, 3.05) is 0 Å². The van der Waals surface area contributed by atoms with Crippen molar-refractivity contribution in [1.82, 2.24) is 20.2 Å². The van der Waals surface area contributed by atoms with Gasteiger partial charge in [-0.05, 0) is 49.2 Å². The number of carbonyl (C=O) groups excluding carboxylic acids is 3. The maximum atomic E-state index is 13.4. The fourth-order valence-electron chi connectivity index (χ4n) is 3.74. The molecule has 158 valence electrons. The molecule has 0 saturated carbocycles. The van der Waals surface area contributed by atoms with Crippen LogP contribution in [0.5, 0.6) is 0 Å². The fourth-order valence-corrected chi connectivity index (χ4v) is 3.87. The molecule has 1 aromatic heterocycles. The van der Waals surface area contributed by atoms with E-state index in [-0.39, 0.29) is 36.8 Å². The van der Waals surface area contributed by atoms with Gasteiger partial charge in [0, 0.05) is 23.6 Å². The molecule has 0 radical (unpaired) electrons. The number of aromatic nitrogens is 2. The number of fused-ring (bicyclic) bond motifs is 1. The van der Waals surface area contributed by atoms with Gasteiger partial charge in [-0.25, -0.2) is 4.98 Å². The molecule has 8 nitrogen and oxygen atoms in total. The van der Waals surface area contributed by atoms with E-state index >= 15 is 0 Å². The molecule has 4 rings (SSSR count). The number of hydrogen-bond donors (Lipinski definition) is 2. The lowest BCUT2D eigenvalue weighted by molar-refractivity contribution is -0.135. The summed E-state index contributed by atoms with van der Waals surface area (Å²) in [5.74, 6) is -0.795. The molecular weight excluding hydrogens is 420 g/mol. The number of carbonyl (C=O) groups is 3. The SMILES string of the molecule is Cc1nc2cccc(CNC(=O)c3ccc(Cl)cc3)c2c(=O)n1C1CCC(=O)NC1=O. The largest absolute Gasteiger partial charge is 0.348 e. The van der Waals surface area contributed by atoms with Crippen LogP contribution in [0.3, 0.4) is 0 Å². The standard InChI is InChI=1S/C22H19ClN4O4/c1-12-25-16-4-2-3-14(11-24-20(29)13-5-7-15(23)8-6-13)19(16)22(31)27(12)17-9-10-18(28)26-21(17)30/h2-8,17H,9-11H2,1H3,(H,24,29)(H,26,28,30). The molecule has 1 saturated heterocycles. The van der Waals surface area contributed by atoms with Crippen LogP contribution < -0.4 is 16.2 Å². The van der Waals surface area contributed by atoms with Crippen LogP contribution in [0.2, 0.25) is 5.02 Å². The van der Waals surface area contributed by atoms with E-state index in [9.17, 15) is 19.2 Å². The van der Waals surface area contributed by atoms with Crippen molar-refractivity contribution in [1.29, 1.82) is 0 Å². The van der Waals surface area contributed by atoms with Crippen molar-refractivity contribution < 1.29 is 14.4 Å². The van der Waals surface area contributed by atoms with Gasteiger partial charge in [-0.2, -0.15) is 0 Å². The Labute approximate surface area is 182 Å². The summed E-state index contributed by atoms with van der Waals surface area (Å²) in [7, 11) is 0. The van der Waals surface area contributed by atoms with E-state index in [1.165, 1.54) is 4.57 Å². The van der Waals surface area contributed by atoms with Gasteiger partial charge < -0.3 is 5.32 Å². The molecule has 0 bridgehead atoms. The zero-order valence-corrected chi connectivity index (χ0v) is 17.4. The van der Waals surface area contributed by atoms with E-state index in [4.69, 9.17) is 11.6 Å². The number of amides is 3. The first-order valence-electron chi connectivity index (χ1n) is 9.73. The van der Waals surface area contributed by atoms with E-state index in [2.05, 4.69) is 15.6 Å².